The van der Waals surface area contributed by atoms with Crippen molar-refractivity contribution in [1.82, 2.24) is 0 Å². The molecule has 1 heterocycles. The number of unbranched alkanes of at least 4 members (excludes halogenated alkanes) is 21. The molecule has 64 heavy (non-hydrogen) atoms. The van der Waals surface area contributed by atoms with Crippen LogP contribution in [0.5, 0.6) is 0 Å². The lowest BCUT2D eigenvalue weighted by molar-refractivity contribution is -0.298. The summed E-state index contributed by atoms with van der Waals surface area (Å²) in [4.78, 5) is 37.0. The van der Waals surface area contributed by atoms with Gasteiger partial charge in [-0.1, -0.05) is 177 Å². The molecule has 11 heteroatoms. The van der Waals surface area contributed by atoms with Gasteiger partial charge in [-0.2, -0.15) is 0 Å². The van der Waals surface area contributed by atoms with E-state index in [-0.39, 0.29) is 19.4 Å². The van der Waals surface area contributed by atoms with Gasteiger partial charge >= 0.3 is 17.9 Å². The van der Waals surface area contributed by atoms with Crippen LogP contribution in [0.1, 0.15) is 206 Å². The minimum atomic E-state index is -1.87. The number of esters is 2. The Morgan fingerprint density at radius 1 is 0.500 bits per heavy atom. The second-order valence-corrected chi connectivity index (χ2v) is 17.3. The number of carboxylic acids is 1. The summed E-state index contributed by atoms with van der Waals surface area (Å²) in [6, 6.07) is 0. The predicted octanol–water partition coefficient (Wildman–Crippen LogP) is 11.9. The van der Waals surface area contributed by atoms with Crippen molar-refractivity contribution >= 4 is 17.9 Å². The third-order valence-corrected chi connectivity index (χ3v) is 11.4. The molecule has 1 aliphatic rings. The Morgan fingerprint density at radius 3 is 1.41 bits per heavy atom. The van der Waals surface area contributed by atoms with Gasteiger partial charge in [-0.25, -0.2) is 4.79 Å². The van der Waals surface area contributed by atoms with E-state index in [1.807, 2.05) is 0 Å². The van der Waals surface area contributed by atoms with Gasteiger partial charge in [0.15, 0.2) is 18.5 Å². The Kier molecular flexibility index (Phi) is 39.2. The molecule has 1 saturated heterocycles. The fourth-order valence-electron chi connectivity index (χ4n) is 7.39. The summed E-state index contributed by atoms with van der Waals surface area (Å²) in [5.74, 6) is -2.46. The molecule has 6 atom stereocenters. The van der Waals surface area contributed by atoms with Gasteiger partial charge in [0.05, 0.1) is 6.61 Å². The Labute approximate surface area is 387 Å². The van der Waals surface area contributed by atoms with Crippen molar-refractivity contribution in [2.45, 2.75) is 243 Å². The van der Waals surface area contributed by atoms with Crippen LogP contribution < -0.4 is 0 Å². The van der Waals surface area contributed by atoms with Gasteiger partial charge in [0.25, 0.3) is 0 Å². The van der Waals surface area contributed by atoms with Crippen LogP contribution in [0.25, 0.3) is 0 Å². The largest absolute Gasteiger partial charge is 0.479 e. The number of allylic oxidation sites excluding steroid dienone is 10. The van der Waals surface area contributed by atoms with Crippen LogP contribution in [0, 0.1) is 0 Å². The summed E-state index contributed by atoms with van der Waals surface area (Å²) >= 11 is 0. The first-order valence-corrected chi connectivity index (χ1v) is 25.3. The Bertz CT molecular complexity index is 1290. The standard InChI is InChI=1S/C53H90O11/c1-3-5-7-9-11-13-15-17-19-21-22-23-24-26-27-29-31-33-35-37-39-41-46(54)61-43-45(44-62-53-50(58)48(56)49(57)51(64-53)52(59)60)63-47(55)42-40-38-36-34-32-30-28-25-20-18-16-14-12-10-8-6-4-2/h5,7,11,13,17-20,22-23,45,48-51,53,56-58H,3-4,6,8-10,12,14-16,21,24-44H2,1-2H3,(H,59,60)/b7-5-,13-11-,19-17-,20-18-,23-22-. The molecule has 0 aromatic heterocycles. The van der Waals surface area contributed by atoms with Crippen LogP contribution in [0.3, 0.4) is 0 Å². The van der Waals surface area contributed by atoms with Crippen LogP contribution in [-0.4, -0.2) is 88.4 Å². The van der Waals surface area contributed by atoms with Crippen molar-refractivity contribution in [3.8, 4) is 0 Å². The first kappa shape index (κ1) is 58.9. The molecule has 0 spiro atoms. The quantitative estimate of drug-likeness (QED) is 0.0261. The fourth-order valence-corrected chi connectivity index (χ4v) is 7.39. The maximum Gasteiger partial charge on any atom is 0.335 e. The molecule has 1 fully saturated rings. The normalized spacial score (nSPS) is 19.8. The zero-order chi connectivity index (χ0) is 46.7. The van der Waals surface area contributed by atoms with E-state index >= 15 is 0 Å². The second-order valence-electron chi connectivity index (χ2n) is 17.3. The fraction of sp³-hybridized carbons (Fsp3) is 0.755. The third-order valence-electron chi connectivity index (χ3n) is 11.4. The zero-order valence-electron chi connectivity index (χ0n) is 40.0. The maximum atomic E-state index is 12.8. The molecule has 0 aromatic rings. The lowest BCUT2D eigenvalue weighted by Gasteiger charge is -2.38. The molecular weight excluding hydrogens is 813 g/mol. The van der Waals surface area contributed by atoms with Crippen LogP contribution in [0.4, 0.5) is 0 Å². The van der Waals surface area contributed by atoms with E-state index in [4.69, 9.17) is 18.9 Å². The highest BCUT2D eigenvalue weighted by Crippen LogP contribution is 2.23. The summed E-state index contributed by atoms with van der Waals surface area (Å²) < 4.78 is 21.8. The number of carbonyl (C=O) groups excluding carboxylic acids is 2. The number of hydrogen-bond donors (Lipinski definition) is 4. The summed E-state index contributed by atoms with van der Waals surface area (Å²) in [7, 11) is 0. The van der Waals surface area contributed by atoms with Crippen molar-refractivity contribution in [1.29, 1.82) is 0 Å². The van der Waals surface area contributed by atoms with Crippen molar-refractivity contribution in [3.63, 3.8) is 0 Å². The number of aliphatic carboxylic acids is 1. The number of aliphatic hydroxyl groups is 3. The highest BCUT2D eigenvalue weighted by molar-refractivity contribution is 5.73. The Morgan fingerprint density at radius 2 is 0.922 bits per heavy atom. The number of carboxylic acid groups (broad SMARTS) is 1. The smallest absolute Gasteiger partial charge is 0.335 e. The highest BCUT2D eigenvalue weighted by Gasteiger charge is 2.47. The first-order chi connectivity index (χ1) is 31.2. The SMILES string of the molecule is CC/C=C\C/C=C\C/C=C\C/C=C\CCCCCCCCCCC(=O)OCC(COC1OC(C(=O)O)C(O)C(O)C1O)OC(=O)CCCCCCCCC/C=C\CCCCCCCC. The summed E-state index contributed by atoms with van der Waals surface area (Å²) in [6.45, 7) is 3.70. The molecule has 11 nitrogen and oxygen atoms in total. The number of carbonyl (C=O) groups is 3. The van der Waals surface area contributed by atoms with Crippen molar-refractivity contribution < 1.29 is 53.8 Å². The van der Waals surface area contributed by atoms with Gasteiger partial charge in [0, 0.05) is 12.8 Å². The maximum absolute atomic E-state index is 12.8. The molecule has 0 aromatic carbocycles. The summed E-state index contributed by atoms with van der Waals surface area (Å²) in [5, 5.41) is 39.9. The van der Waals surface area contributed by atoms with E-state index in [2.05, 4.69) is 74.6 Å². The molecule has 368 valence electrons. The highest BCUT2D eigenvalue weighted by atomic mass is 16.7. The van der Waals surface area contributed by atoms with E-state index in [0.29, 0.717) is 12.8 Å². The van der Waals surface area contributed by atoms with Gasteiger partial charge in [-0.05, 0) is 77.0 Å². The molecule has 0 radical (unpaired) electrons. The van der Waals surface area contributed by atoms with Gasteiger partial charge in [0.2, 0.25) is 0 Å². The number of aliphatic hydroxyl groups excluding tert-OH is 3. The van der Waals surface area contributed by atoms with Crippen molar-refractivity contribution in [2.75, 3.05) is 13.2 Å². The molecular formula is C53H90O11. The van der Waals surface area contributed by atoms with E-state index in [1.165, 1.54) is 83.5 Å². The lowest BCUT2D eigenvalue weighted by Crippen LogP contribution is -2.60. The van der Waals surface area contributed by atoms with Gasteiger partial charge in [-0.3, -0.25) is 9.59 Å². The molecule has 0 aliphatic carbocycles. The molecule has 1 aliphatic heterocycles. The van der Waals surface area contributed by atoms with Crippen molar-refractivity contribution in [3.05, 3.63) is 60.8 Å². The number of ether oxygens (including phenoxy) is 4. The zero-order valence-corrected chi connectivity index (χ0v) is 40.0. The van der Waals surface area contributed by atoms with Crippen LogP contribution in [0.2, 0.25) is 0 Å². The van der Waals surface area contributed by atoms with E-state index in [0.717, 1.165) is 83.5 Å². The Balaban J connectivity index is 2.31. The van der Waals surface area contributed by atoms with Gasteiger partial charge in [0.1, 0.15) is 24.9 Å². The van der Waals surface area contributed by atoms with Gasteiger partial charge < -0.3 is 39.4 Å². The van der Waals surface area contributed by atoms with E-state index in [1.54, 1.807) is 0 Å². The molecule has 1 rings (SSSR count). The molecule has 0 saturated carbocycles. The topological polar surface area (TPSA) is 169 Å². The van der Waals surface area contributed by atoms with Crippen LogP contribution in [0.15, 0.2) is 60.8 Å². The van der Waals surface area contributed by atoms with Crippen LogP contribution in [-0.2, 0) is 33.3 Å². The van der Waals surface area contributed by atoms with Gasteiger partial charge in [-0.15, -0.1) is 0 Å². The van der Waals surface area contributed by atoms with E-state index in [9.17, 15) is 34.8 Å². The second kappa shape index (κ2) is 42.5. The Hall–Kier alpha value is -3.09. The lowest BCUT2D eigenvalue weighted by atomic mass is 9.99. The monoisotopic (exact) mass is 903 g/mol. The predicted molar refractivity (Wildman–Crippen MR) is 257 cm³/mol. The minimum Gasteiger partial charge on any atom is -0.479 e. The molecule has 4 N–H and O–H groups in total. The number of hydrogen-bond acceptors (Lipinski definition) is 10. The molecule has 6 unspecified atom stereocenters. The average molecular weight is 903 g/mol. The van der Waals surface area contributed by atoms with Crippen LogP contribution >= 0.6 is 0 Å². The summed E-state index contributed by atoms with van der Waals surface area (Å²) in [6.07, 6.45) is 44.0. The summed E-state index contributed by atoms with van der Waals surface area (Å²) in [5.41, 5.74) is 0. The molecule has 0 amide bonds. The average Bonchev–Trinajstić information content (AvgIpc) is 3.28. The number of rotatable bonds is 42. The first-order valence-electron chi connectivity index (χ1n) is 25.3. The van der Waals surface area contributed by atoms with Crippen molar-refractivity contribution in [2.24, 2.45) is 0 Å². The minimum absolute atomic E-state index is 0.174. The third kappa shape index (κ3) is 33.4. The van der Waals surface area contributed by atoms with E-state index < -0.39 is 61.3 Å². The molecule has 0 bridgehead atoms.